The molecule has 2 aromatic rings. The lowest BCUT2D eigenvalue weighted by atomic mass is 9.75. The fourth-order valence-corrected chi connectivity index (χ4v) is 5.14. The predicted molar refractivity (Wildman–Crippen MR) is 143 cm³/mol. The third kappa shape index (κ3) is 6.05. The number of nitrogens with one attached hydrogen (secondary N) is 2. The van der Waals surface area contributed by atoms with E-state index in [2.05, 4.69) is 35.2 Å². The van der Waals surface area contributed by atoms with Crippen molar-refractivity contribution in [3.05, 3.63) is 65.3 Å². The van der Waals surface area contributed by atoms with Gasteiger partial charge in [-0.3, -0.25) is 4.79 Å². The number of anilines is 1. The third-order valence-corrected chi connectivity index (χ3v) is 7.52. The number of benzene rings is 1. The number of nitrogens with zero attached hydrogens (tertiary/aromatic N) is 2. The van der Waals surface area contributed by atoms with Crippen LogP contribution in [-0.4, -0.2) is 56.6 Å². The Morgan fingerprint density at radius 1 is 1.32 bits per heavy atom. The molecule has 4 rings (SSSR count). The zero-order valence-corrected chi connectivity index (χ0v) is 22.0. The van der Waals surface area contributed by atoms with Gasteiger partial charge in [0.2, 0.25) is 0 Å². The van der Waals surface area contributed by atoms with E-state index in [1.165, 1.54) is 6.20 Å². The molecule has 202 valence electrons. The second-order valence-corrected chi connectivity index (χ2v) is 11.0. The van der Waals surface area contributed by atoms with E-state index in [4.69, 9.17) is 15.1 Å². The largest absolute Gasteiger partial charge is 0.396 e. The van der Waals surface area contributed by atoms with Crippen molar-refractivity contribution in [1.82, 2.24) is 9.97 Å². The summed E-state index contributed by atoms with van der Waals surface area (Å²) in [5.74, 6) is -0.420. The number of nitriles is 1. The van der Waals surface area contributed by atoms with Gasteiger partial charge in [0.15, 0.2) is 5.82 Å². The Morgan fingerprint density at radius 2 is 2.13 bits per heavy atom. The maximum Gasteiger partial charge on any atom is 0.291 e. The minimum Gasteiger partial charge on any atom is -0.396 e. The Balaban J connectivity index is 1.70. The van der Waals surface area contributed by atoms with Crippen molar-refractivity contribution in [1.29, 1.82) is 5.26 Å². The van der Waals surface area contributed by atoms with Gasteiger partial charge in [-0.1, -0.05) is 38.1 Å². The number of aromatic amines is 1. The topological polar surface area (TPSA) is 151 Å². The molecule has 0 bridgehead atoms. The molecule has 1 aliphatic carbocycles. The Labute approximate surface area is 222 Å². The Morgan fingerprint density at radius 3 is 2.79 bits per heavy atom. The van der Waals surface area contributed by atoms with Gasteiger partial charge in [0.05, 0.1) is 25.0 Å². The van der Waals surface area contributed by atoms with Crippen LogP contribution < -0.4 is 5.32 Å². The Hall–Kier alpha value is -3.29. The van der Waals surface area contributed by atoms with E-state index in [0.717, 1.165) is 30.4 Å². The number of aliphatic hydroxyl groups is 3. The highest BCUT2D eigenvalue weighted by Crippen LogP contribution is 2.44. The number of carbonyl (C=O) groups excluding carboxylic acids is 1. The van der Waals surface area contributed by atoms with Crippen molar-refractivity contribution >= 4 is 17.2 Å². The summed E-state index contributed by atoms with van der Waals surface area (Å²) in [5, 5.41) is 43.1. The molecule has 9 heteroatoms. The third-order valence-electron chi connectivity index (χ3n) is 7.52. The predicted octanol–water partition coefficient (Wildman–Crippen LogP) is 3.79. The number of carbonyl (C=O) groups is 1. The molecule has 1 aromatic heterocycles. The smallest absolute Gasteiger partial charge is 0.291 e. The first kappa shape index (κ1) is 27.7. The summed E-state index contributed by atoms with van der Waals surface area (Å²) >= 11 is 0. The molecule has 1 amide bonds. The number of hydrogen-bond donors (Lipinski definition) is 5. The number of H-pyrrole nitrogens is 1. The molecule has 2 atom stereocenters. The highest BCUT2D eigenvalue weighted by Gasteiger charge is 2.44. The molecule has 2 heterocycles. The molecule has 0 radical (unpaired) electrons. The molecule has 0 unspecified atom stereocenters. The normalized spacial score (nSPS) is 25.1. The van der Waals surface area contributed by atoms with Crippen molar-refractivity contribution in [2.45, 2.75) is 63.6 Å². The van der Waals surface area contributed by atoms with Crippen LogP contribution in [0.4, 0.5) is 5.69 Å². The molecule has 1 fully saturated rings. The van der Waals surface area contributed by atoms with Gasteiger partial charge in [0.1, 0.15) is 17.4 Å². The molecular weight excluding hydrogens is 484 g/mol. The molecule has 2 aliphatic rings. The first-order valence-electron chi connectivity index (χ1n) is 13.0. The molecular formula is C29H36N4O5. The molecule has 0 spiro atoms. The molecule has 1 aliphatic heterocycles. The zero-order chi connectivity index (χ0) is 27.4. The Bertz CT molecular complexity index is 1270. The summed E-state index contributed by atoms with van der Waals surface area (Å²) in [6, 6.07) is 7.43. The van der Waals surface area contributed by atoms with E-state index in [9.17, 15) is 15.0 Å². The number of imidazole rings is 1. The SMILES string of the molecule is CC1(C)CC=C(c2cc([C@]3(O)CCO[C@](/C=C\CCO)(CO)C3)ccc2NC(=O)c2ncc(C#N)[nH]2)CC1. The van der Waals surface area contributed by atoms with Crippen LogP contribution in [0.3, 0.4) is 0 Å². The fraction of sp³-hybridized carbons (Fsp3) is 0.483. The average Bonchev–Trinajstić information content (AvgIpc) is 3.39. The summed E-state index contributed by atoms with van der Waals surface area (Å²) in [7, 11) is 0. The standard InChI is InChI=1S/C29H36N4O5/c1-27(2)10-7-20(8-11-27)23-15-21(5-6-24(23)33-26(36)25-31-17-22(16-30)32-25)29(37)12-14-38-28(18-29,19-35)9-3-4-13-34/h3,5-7,9,15,17,34-35,37H,4,8,10-14,18-19H2,1-2H3,(H,31,32)(H,33,36)/b9-3-/t28-,29-/m0/s1. The van der Waals surface area contributed by atoms with Gasteiger partial charge in [-0.2, -0.15) is 5.26 Å². The van der Waals surface area contributed by atoms with Crippen LogP contribution in [0.1, 0.15) is 79.8 Å². The van der Waals surface area contributed by atoms with Crippen LogP contribution in [0.15, 0.2) is 42.6 Å². The van der Waals surface area contributed by atoms with Gasteiger partial charge in [0.25, 0.3) is 5.91 Å². The van der Waals surface area contributed by atoms with Crippen LogP contribution in [0.25, 0.3) is 5.57 Å². The summed E-state index contributed by atoms with van der Waals surface area (Å²) in [6.07, 6.45) is 10.6. The first-order chi connectivity index (χ1) is 18.1. The first-order valence-corrected chi connectivity index (χ1v) is 13.0. The average molecular weight is 521 g/mol. The van der Waals surface area contributed by atoms with Gasteiger partial charge in [-0.25, -0.2) is 4.98 Å². The molecule has 1 saturated heterocycles. The van der Waals surface area contributed by atoms with E-state index in [-0.39, 0.29) is 43.2 Å². The van der Waals surface area contributed by atoms with Crippen LogP contribution in [0.2, 0.25) is 0 Å². The molecule has 38 heavy (non-hydrogen) atoms. The monoisotopic (exact) mass is 520 g/mol. The quantitative estimate of drug-likeness (QED) is 0.332. The second-order valence-electron chi connectivity index (χ2n) is 11.0. The zero-order valence-electron chi connectivity index (χ0n) is 22.0. The van der Waals surface area contributed by atoms with Crippen molar-refractivity contribution in [3.63, 3.8) is 0 Å². The second kappa shape index (κ2) is 11.2. The lowest BCUT2D eigenvalue weighted by Crippen LogP contribution is -2.48. The fourth-order valence-electron chi connectivity index (χ4n) is 5.14. The number of allylic oxidation sites excluding steroid dienone is 2. The van der Waals surface area contributed by atoms with Crippen LogP contribution in [0.5, 0.6) is 0 Å². The number of ether oxygens (including phenoxy) is 1. The number of aromatic nitrogens is 2. The molecule has 0 saturated carbocycles. The minimum absolute atomic E-state index is 0.0133. The van der Waals surface area contributed by atoms with Crippen molar-refractivity contribution in [2.24, 2.45) is 5.41 Å². The van der Waals surface area contributed by atoms with Crippen molar-refractivity contribution in [3.8, 4) is 6.07 Å². The van der Waals surface area contributed by atoms with Gasteiger partial charge < -0.3 is 30.4 Å². The number of hydrogen-bond acceptors (Lipinski definition) is 7. The Kier molecular flexibility index (Phi) is 8.19. The highest BCUT2D eigenvalue weighted by atomic mass is 16.5. The van der Waals surface area contributed by atoms with E-state index in [1.54, 1.807) is 24.3 Å². The highest BCUT2D eigenvalue weighted by molar-refractivity contribution is 6.03. The van der Waals surface area contributed by atoms with E-state index in [0.29, 0.717) is 24.1 Å². The van der Waals surface area contributed by atoms with E-state index < -0.39 is 17.1 Å². The number of rotatable bonds is 8. The van der Waals surface area contributed by atoms with Gasteiger partial charge in [-0.15, -0.1) is 0 Å². The summed E-state index contributed by atoms with van der Waals surface area (Å²) in [4.78, 5) is 19.6. The van der Waals surface area contributed by atoms with Gasteiger partial charge in [0, 0.05) is 30.7 Å². The molecule has 9 nitrogen and oxygen atoms in total. The summed E-state index contributed by atoms with van der Waals surface area (Å²) < 4.78 is 5.90. The maximum absolute atomic E-state index is 12.9. The van der Waals surface area contributed by atoms with Crippen LogP contribution in [-0.2, 0) is 10.3 Å². The summed E-state index contributed by atoms with van der Waals surface area (Å²) in [5.41, 5.74) is 1.25. The van der Waals surface area contributed by atoms with E-state index >= 15 is 0 Å². The lowest BCUT2D eigenvalue weighted by molar-refractivity contribution is -0.157. The van der Waals surface area contributed by atoms with Crippen LogP contribution >= 0.6 is 0 Å². The number of amides is 1. The maximum atomic E-state index is 12.9. The lowest BCUT2D eigenvalue weighted by Gasteiger charge is -2.43. The van der Waals surface area contributed by atoms with Crippen molar-refractivity contribution < 1.29 is 24.9 Å². The van der Waals surface area contributed by atoms with Crippen molar-refractivity contribution in [2.75, 3.05) is 25.1 Å². The summed E-state index contributed by atoms with van der Waals surface area (Å²) in [6.45, 7) is 4.40. The van der Waals surface area contributed by atoms with Gasteiger partial charge in [-0.05, 0) is 54.4 Å². The molecule has 5 N–H and O–H groups in total. The number of aliphatic hydroxyl groups excluding tert-OH is 2. The minimum atomic E-state index is -1.26. The van der Waals surface area contributed by atoms with Gasteiger partial charge >= 0.3 is 0 Å². The van der Waals surface area contributed by atoms with E-state index in [1.807, 2.05) is 12.1 Å². The molecule has 1 aromatic carbocycles. The van der Waals surface area contributed by atoms with Crippen LogP contribution in [0, 0.1) is 16.7 Å².